The number of hydrogen-bond acceptors (Lipinski definition) is 3. The van der Waals surface area contributed by atoms with Crippen LogP contribution in [0.25, 0.3) is 0 Å². The standard InChI is InChI=1S/C13H9NO2S/c1-8-2-4-9(5-3-8)14-11-7-17-6-10(11)12(15)13(14)16/h2-7H,1H3. The van der Waals surface area contributed by atoms with E-state index in [9.17, 15) is 9.59 Å². The summed E-state index contributed by atoms with van der Waals surface area (Å²) >= 11 is 1.43. The summed E-state index contributed by atoms with van der Waals surface area (Å²) in [4.78, 5) is 25.1. The number of fused-ring (bicyclic) bond motifs is 1. The van der Waals surface area contributed by atoms with E-state index >= 15 is 0 Å². The maximum atomic E-state index is 11.9. The zero-order chi connectivity index (χ0) is 12.0. The number of hydrogen-bond donors (Lipinski definition) is 0. The largest absolute Gasteiger partial charge is 0.304 e. The Hall–Kier alpha value is -1.94. The summed E-state index contributed by atoms with van der Waals surface area (Å²) in [5.74, 6) is -0.881. The van der Waals surface area contributed by atoms with Gasteiger partial charge in [-0.2, -0.15) is 0 Å². The third kappa shape index (κ3) is 1.41. The zero-order valence-corrected chi connectivity index (χ0v) is 9.95. The summed E-state index contributed by atoms with van der Waals surface area (Å²) < 4.78 is 0. The number of rotatable bonds is 1. The van der Waals surface area contributed by atoms with E-state index in [1.165, 1.54) is 16.2 Å². The van der Waals surface area contributed by atoms with Gasteiger partial charge < -0.3 is 0 Å². The highest BCUT2D eigenvalue weighted by Gasteiger charge is 2.37. The predicted octanol–water partition coefficient (Wildman–Crippen LogP) is 2.92. The Morgan fingerprint density at radius 3 is 2.47 bits per heavy atom. The number of carbonyl (C=O) groups excluding carboxylic acids is 2. The van der Waals surface area contributed by atoms with Crippen LogP contribution >= 0.6 is 11.3 Å². The number of Topliss-reactive ketones (excluding diaryl/α,β-unsaturated/α-hetero) is 1. The van der Waals surface area contributed by atoms with E-state index < -0.39 is 11.7 Å². The van der Waals surface area contributed by atoms with Crippen LogP contribution in [0.5, 0.6) is 0 Å². The molecule has 1 amide bonds. The van der Waals surface area contributed by atoms with E-state index in [0.29, 0.717) is 11.3 Å². The molecule has 0 radical (unpaired) electrons. The first-order valence-electron chi connectivity index (χ1n) is 5.20. The maximum Gasteiger partial charge on any atom is 0.304 e. The molecular weight excluding hydrogens is 234 g/mol. The van der Waals surface area contributed by atoms with E-state index in [1.54, 1.807) is 5.38 Å². The molecule has 84 valence electrons. The van der Waals surface area contributed by atoms with Gasteiger partial charge in [-0.15, -0.1) is 11.3 Å². The van der Waals surface area contributed by atoms with Crippen LogP contribution in [-0.2, 0) is 4.79 Å². The molecular formula is C13H9NO2S. The van der Waals surface area contributed by atoms with Crippen LogP contribution in [0, 0.1) is 6.92 Å². The van der Waals surface area contributed by atoms with Crippen molar-refractivity contribution in [2.75, 3.05) is 4.90 Å². The van der Waals surface area contributed by atoms with E-state index in [-0.39, 0.29) is 0 Å². The molecule has 1 aliphatic heterocycles. The predicted molar refractivity (Wildman–Crippen MR) is 67.0 cm³/mol. The van der Waals surface area contributed by atoms with Crippen molar-refractivity contribution < 1.29 is 9.59 Å². The van der Waals surface area contributed by atoms with Crippen LogP contribution < -0.4 is 4.90 Å². The fourth-order valence-corrected chi connectivity index (χ4v) is 2.70. The Morgan fingerprint density at radius 2 is 1.76 bits per heavy atom. The minimum absolute atomic E-state index is 0.415. The number of nitrogens with zero attached hydrogens (tertiary/aromatic N) is 1. The van der Waals surface area contributed by atoms with Crippen molar-refractivity contribution in [3.8, 4) is 0 Å². The number of carbonyl (C=O) groups is 2. The molecule has 0 atom stereocenters. The number of anilines is 2. The van der Waals surface area contributed by atoms with Crippen LogP contribution in [0.3, 0.4) is 0 Å². The average molecular weight is 243 g/mol. The van der Waals surface area contributed by atoms with E-state index in [4.69, 9.17) is 0 Å². The van der Waals surface area contributed by atoms with Gasteiger partial charge >= 0.3 is 5.91 Å². The number of thiophene rings is 1. The molecule has 4 heteroatoms. The molecule has 0 saturated heterocycles. The monoisotopic (exact) mass is 243 g/mol. The van der Waals surface area contributed by atoms with Gasteiger partial charge in [-0.3, -0.25) is 14.5 Å². The second-order valence-electron chi connectivity index (χ2n) is 3.98. The van der Waals surface area contributed by atoms with Crippen LogP contribution in [0.4, 0.5) is 11.4 Å². The van der Waals surface area contributed by atoms with Gasteiger partial charge in [0.1, 0.15) is 0 Å². The van der Waals surface area contributed by atoms with Crippen LogP contribution in [0.15, 0.2) is 35.0 Å². The maximum absolute atomic E-state index is 11.9. The minimum atomic E-state index is -0.466. The molecule has 0 N–H and O–H groups in total. The lowest BCUT2D eigenvalue weighted by Gasteiger charge is -2.15. The Morgan fingerprint density at radius 1 is 1.06 bits per heavy atom. The smallest absolute Gasteiger partial charge is 0.283 e. The summed E-state index contributed by atoms with van der Waals surface area (Å²) in [7, 11) is 0. The number of aryl methyl sites for hydroxylation is 1. The molecule has 3 rings (SSSR count). The Bertz CT molecular complexity index is 613. The first-order chi connectivity index (χ1) is 8.18. The topological polar surface area (TPSA) is 37.4 Å². The van der Waals surface area contributed by atoms with Gasteiger partial charge in [-0.25, -0.2) is 0 Å². The van der Waals surface area contributed by atoms with Gasteiger partial charge in [0.25, 0.3) is 5.78 Å². The van der Waals surface area contributed by atoms with E-state index in [0.717, 1.165) is 11.3 Å². The molecule has 17 heavy (non-hydrogen) atoms. The highest BCUT2D eigenvalue weighted by Crippen LogP contribution is 2.37. The Labute approximate surface area is 102 Å². The third-order valence-electron chi connectivity index (χ3n) is 2.82. The number of benzene rings is 1. The summed E-state index contributed by atoms with van der Waals surface area (Å²) in [6, 6.07) is 7.56. The minimum Gasteiger partial charge on any atom is -0.283 e. The fraction of sp³-hybridized carbons (Fsp3) is 0.0769. The van der Waals surface area contributed by atoms with Gasteiger partial charge in [0.15, 0.2) is 0 Å². The molecule has 0 bridgehead atoms. The normalized spacial score (nSPS) is 14.3. The SMILES string of the molecule is Cc1ccc(N2C(=O)C(=O)c3cscc32)cc1. The molecule has 1 aromatic heterocycles. The lowest BCUT2D eigenvalue weighted by atomic mass is 10.2. The van der Waals surface area contributed by atoms with Crippen molar-refractivity contribution in [3.05, 3.63) is 46.2 Å². The third-order valence-corrected chi connectivity index (χ3v) is 3.55. The first kappa shape index (κ1) is 10.2. The molecule has 2 aromatic rings. The lowest BCUT2D eigenvalue weighted by molar-refractivity contribution is -0.113. The highest BCUT2D eigenvalue weighted by molar-refractivity contribution is 7.09. The summed E-state index contributed by atoms with van der Waals surface area (Å²) in [5, 5.41) is 3.56. The molecule has 0 saturated carbocycles. The van der Waals surface area contributed by atoms with Crippen molar-refractivity contribution in [1.29, 1.82) is 0 Å². The summed E-state index contributed by atoms with van der Waals surface area (Å²) in [6.07, 6.45) is 0. The lowest BCUT2D eigenvalue weighted by Crippen LogP contribution is -2.24. The average Bonchev–Trinajstić information content (AvgIpc) is 2.87. The molecule has 2 heterocycles. The van der Waals surface area contributed by atoms with Crippen molar-refractivity contribution >= 4 is 34.4 Å². The Kier molecular flexibility index (Phi) is 2.12. The van der Waals surface area contributed by atoms with Gasteiger partial charge in [0, 0.05) is 16.4 Å². The number of ketones is 1. The van der Waals surface area contributed by atoms with Crippen molar-refractivity contribution in [3.63, 3.8) is 0 Å². The number of amides is 1. The van der Waals surface area contributed by atoms with Crippen molar-refractivity contribution in [2.24, 2.45) is 0 Å². The second kappa shape index (κ2) is 3.53. The Balaban J connectivity index is 2.13. The second-order valence-corrected chi connectivity index (χ2v) is 4.72. The van der Waals surface area contributed by atoms with Gasteiger partial charge in [0.05, 0.1) is 11.3 Å². The quantitative estimate of drug-likeness (QED) is 0.722. The van der Waals surface area contributed by atoms with E-state index in [2.05, 4.69) is 0 Å². The van der Waals surface area contributed by atoms with Crippen molar-refractivity contribution in [2.45, 2.75) is 6.92 Å². The zero-order valence-electron chi connectivity index (χ0n) is 9.14. The van der Waals surface area contributed by atoms with Gasteiger partial charge in [-0.05, 0) is 19.1 Å². The van der Waals surface area contributed by atoms with Crippen molar-refractivity contribution in [1.82, 2.24) is 0 Å². The van der Waals surface area contributed by atoms with Crippen LogP contribution in [0.2, 0.25) is 0 Å². The molecule has 3 nitrogen and oxygen atoms in total. The fourth-order valence-electron chi connectivity index (χ4n) is 1.91. The van der Waals surface area contributed by atoms with Gasteiger partial charge in [0.2, 0.25) is 0 Å². The molecule has 0 fully saturated rings. The molecule has 1 aromatic carbocycles. The summed E-state index contributed by atoms with van der Waals surface area (Å²) in [6.45, 7) is 1.98. The summed E-state index contributed by atoms with van der Waals surface area (Å²) in [5.41, 5.74) is 3.08. The van der Waals surface area contributed by atoms with Crippen LogP contribution in [0.1, 0.15) is 15.9 Å². The van der Waals surface area contributed by atoms with E-state index in [1.807, 2.05) is 36.6 Å². The van der Waals surface area contributed by atoms with Gasteiger partial charge in [-0.1, -0.05) is 17.7 Å². The molecule has 1 aliphatic rings. The molecule has 0 spiro atoms. The molecule has 0 aliphatic carbocycles. The van der Waals surface area contributed by atoms with Crippen LogP contribution in [-0.4, -0.2) is 11.7 Å². The highest BCUT2D eigenvalue weighted by atomic mass is 32.1. The molecule has 0 unspecified atom stereocenters. The first-order valence-corrected chi connectivity index (χ1v) is 6.14.